The van der Waals surface area contributed by atoms with E-state index in [2.05, 4.69) is 64.1 Å². The Kier molecular flexibility index (Phi) is 3.86. The van der Waals surface area contributed by atoms with Gasteiger partial charge in [0, 0.05) is 0 Å². The molecule has 93 valence electrons. The molecule has 0 spiro atoms. The monoisotopic (exact) mass is 237 g/mol. The van der Waals surface area contributed by atoms with E-state index in [1.165, 1.54) is 33.4 Å². The largest absolute Gasteiger partial charge is 0.0613 e. The molecule has 0 fully saturated rings. The van der Waals surface area contributed by atoms with Crippen LogP contribution in [0, 0.1) is 19.9 Å². The summed E-state index contributed by atoms with van der Waals surface area (Å²) < 4.78 is 0. The van der Waals surface area contributed by atoms with Crippen LogP contribution >= 0.6 is 0 Å². The molecule has 0 aliphatic heterocycles. The molecule has 0 N–H and O–H groups in total. The van der Waals surface area contributed by atoms with Gasteiger partial charge in [-0.2, -0.15) is 0 Å². The molecule has 0 saturated heterocycles. The third-order valence-corrected chi connectivity index (χ3v) is 3.43. The maximum absolute atomic E-state index is 3.27. The van der Waals surface area contributed by atoms with Crippen molar-refractivity contribution in [2.75, 3.05) is 0 Å². The van der Waals surface area contributed by atoms with E-state index in [0.29, 0.717) is 0 Å². The van der Waals surface area contributed by atoms with Crippen molar-refractivity contribution >= 4 is 0 Å². The molecule has 0 aliphatic carbocycles. The third kappa shape index (κ3) is 2.48. The van der Waals surface area contributed by atoms with Gasteiger partial charge >= 0.3 is 0 Å². The van der Waals surface area contributed by atoms with Crippen molar-refractivity contribution in [2.24, 2.45) is 0 Å². The Hall–Kier alpha value is -1.56. The maximum Gasteiger partial charge on any atom is -0.0119 e. The summed E-state index contributed by atoms with van der Waals surface area (Å²) >= 11 is 0. The lowest BCUT2D eigenvalue weighted by Crippen LogP contribution is -1.95. The molecule has 0 heterocycles. The molecule has 18 heavy (non-hydrogen) atoms. The number of aryl methyl sites for hydroxylation is 4. The number of hydrogen-bond acceptors (Lipinski definition) is 0. The molecule has 2 aromatic carbocycles. The van der Waals surface area contributed by atoms with E-state index in [9.17, 15) is 0 Å². The van der Waals surface area contributed by atoms with Crippen LogP contribution in [0.25, 0.3) is 11.1 Å². The summed E-state index contributed by atoms with van der Waals surface area (Å²) in [5, 5.41) is 0. The lowest BCUT2D eigenvalue weighted by atomic mass is 9.90. The summed E-state index contributed by atoms with van der Waals surface area (Å²) in [6.07, 6.45) is 2.12. The quantitative estimate of drug-likeness (QED) is 0.712. The average Bonchev–Trinajstić information content (AvgIpc) is 2.36. The molecule has 0 nitrogen and oxygen atoms in total. The number of hydrogen-bond donors (Lipinski definition) is 0. The first-order valence-electron chi connectivity index (χ1n) is 6.76. The third-order valence-electron chi connectivity index (χ3n) is 3.43. The van der Waals surface area contributed by atoms with Crippen molar-refractivity contribution in [3.05, 3.63) is 58.7 Å². The van der Waals surface area contributed by atoms with Gasteiger partial charge in [0.2, 0.25) is 0 Å². The molecule has 0 aliphatic rings. The van der Waals surface area contributed by atoms with Gasteiger partial charge in [0.15, 0.2) is 0 Å². The standard InChI is InChI=1S/C18H21/c1-5-15-8-7-9-16(6-2)18(15)17-11-13(3)10-14(4)12-17/h8-12H,5-6H2,1-4H3. The summed E-state index contributed by atoms with van der Waals surface area (Å²) in [5.41, 5.74) is 8.25. The number of rotatable bonds is 3. The van der Waals surface area contributed by atoms with Gasteiger partial charge in [0.05, 0.1) is 0 Å². The van der Waals surface area contributed by atoms with E-state index < -0.39 is 0 Å². The Morgan fingerprint density at radius 3 is 1.78 bits per heavy atom. The van der Waals surface area contributed by atoms with Crippen LogP contribution in [-0.4, -0.2) is 0 Å². The zero-order valence-corrected chi connectivity index (χ0v) is 11.8. The van der Waals surface area contributed by atoms with Crippen molar-refractivity contribution < 1.29 is 0 Å². The Balaban J connectivity index is 2.68. The molecule has 0 aromatic heterocycles. The SMILES string of the molecule is CCc1c[c]cc(CC)c1-c1cc(C)cc(C)c1. The summed E-state index contributed by atoms with van der Waals surface area (Å²) in [5.74, 6) is 0. The summed E-state index contributed by atoms with van der Waals surface area (Å²) in [7, 11) is 0. The van der Waals surface area contributed by atoms with E-state index in [-0.39, 0.29) is 0 Å². The van der Waals surface area contributed by atoms with E-state index in [1.807, 2.05) is 0 Å². The van der Waals surface area contributed by atoms with E-state index in [0.717, 1.165) is 12.8 Å². The Morgan fingerprint density at radius 2 is 1.33 bits per heavy atom. The summed E-state index contributed by atoms with van der Waals surface area (Å²) in [4.78, 5) is 0. The van der Waals surface area contributed by atoms with Crippen molar-refractivity contribution in [1.29, 1.82) is 0 Å². The maximum atomic E-state index is 3.27. The van der Waals surface area contributed by atoms with Crippen LogP contribution in [0.4, 0.5) is 0 Å². The van der Waals surface area contributed by atoms with Gasteiger partial charge in [-0.3, -0.25) is 0 Å². The highest BCUT2D eigenvalue weighted by Gasteiger charge is 2.09. The average molecular weight is 237 g/mol. The molecule has 0 unspecified atom stereocenters. The molecule has 1 radical (unpaired) electrons. The minimum absolute atomic E-state index is 1.06. The minimum atomic E-state index is 1.06. The van der Waals surface area contributed by atoms with Crippen molar-refractivity contribution in [1.82, 2.24) is 0 Å². The Morgan fingerprint density at radius 1 is 0.833 bits per heavy atom. The van der Waals surface area contributed by atoms with Gasteiger partial charge in [0.25, 0.3) is 0 Å². The highest BCUT2D eigenvalue weighted by atomic mass is 14.1. The first kappa shape index (κ1) is 12.9. The summed E-state index contributed by atoms with van der Waals surface area (Å²) in [6, 6.07) is 14.3. The van der Waals surface area contributed by atoms with Crippen LogP contribution in [0.3, 0.4) is 0 Å². The molecule has 2 aromatic rings. The van der Waals surface area contributed by atoms with Gasteiger partial charge in [0.1, 0.15) is 0 Å². The van der Waals surface area contributed by atoms with Crippen molar-refractivity contribution in [3.8, 4) is 11.1 Å². The van der Waals surface area contributed by atoms with E-state index in [1.54, 1.807) is 0 Å². The predicted molar refractivity (Wildman–Crippen MR) is 78.9 cm³/mol. The molecular weight excluding hydrogens is 216 g/mol. The fourth-order valence-corrected chi connectivity index (χ4v) is 2.64. The molecule has 2 rings (SSSR count). The van der Waals surface area contributed by atoms with Gasteiger partial charge in [-0.1, -0.05) is 55.3 Å². The van der Waals surface area contributed by atoms with Gasteiger partial charge < -0.3 is 0 Å². The first-order chi connectivity index (χ1) is 8.65. The smallest absolute Gasteiger partial charge is 0.0119 e. The van der Waals surface area contributed by atoms with E-state index in [4.69, 9.17) is 0 Å². The molecule has 0 saturated carbocycles. The molecule has 0 amide bonds. The van der Waals surface area contributed by atoms with Gasteiger partial charge in [-0.05, 0) is 55.0 Å². The van der Waals surface area contributed by atoms with Crippen molar-refractivity contribution in [3.63, 3.8) is 0 Å². The van der Waals surface area contributed by atoms with Gasteiger partial charge in [-0.25, -0.2) is 0 Å². The zero-order chi connectivity index (χ0) is 13.1. The van der Waals surface area contributed by atoms with Gasteiger partial charge in [-0.15, -0.1) is 0 Å². The topological polar surface area (TPSA) is 0 Å². The van der Waals surface area contributed by atoms with E-state index >= 15 is 0 Å². The second-order valence-electron chi connectivity index (χ2n) is 4.96. The highest BCUT2D eigenvalue weighted by molar-refractivity contribution is 5.72. The molecule has 0 atom stereocenters. The normalized spacial score (nSPS) is 10.7. The summed E-state index contributed by atoms with van der Waals surface area (Å²) in [6.45, 7) is 8.77. The van der Waals surface area contributed by atoms with Crippen LogP contribution in [0.2, 0.25) is 0 Å². The molecule has 0 bridgehead atoms. The van der Waals surface area contributed by atoms with Crippen LogP contribution < -0.4 is 0 Å². The Labute approximate surface area is 111 Å². The second-order valence-corrected chi connectivity index (χ2v) is 4.96. The predicted octanol–water partition coefficient (Wildman–Crippen LogP) is 4.90. The molecular formula is C18H21. The number of benzene rings is 2. The molecule has 0 heteroatoms. The zero-order valence-electron chi connectivity index (χ0n) is 11.8. The fraction of sp³-hybridized carbons (Fsp3) is 0.333. The first-order valence-corrected chi connectivity index (χ1v) is 6.76. The van der Waals surface area contributed by atoms with Crippen LogP contribution in [0.1, 0.15) is 36.1 Å². The fourth-order valence-electron chi connectivity index (χ4n) is 2.64. The second kappa shape index (κ2) is 5.39. The van der Waals surface area contributed by atoms with Crippen LogP contribution in [-0.2, 0) is 12.8 Å². The minimum Gasteiger partial charge on any atom is -0.0613 e. The Bertz CT molecular complexity index is 507. The lowest BCUT2D eigenvalue weighted by molar-refractivity contribution is 1.09. The highest BCUT2D eigenvalue weighted by Crippen LogP contribution is 2.30. The van der Waals surface area contributed by atoms with Crippen molar-refractivity contribution in [2.45, 2.75) is 40.5 Å². The lowest BCUT2D eigenvalue weighted by Gasteiger charge is -2.14. The van der Waals surface area contributed by atoms with Crippen LogP contribution in [0.15, 0.2) is 30.3 Å². The van der Waals surface area contributed by atoms with Crippen LogP contribution in [0.5, 0.6) is 0 Å².